The Balaban J connectivity index is 1.76. The fraction of sp³-hybridized carbons (Fsp3) is 0.529. The third kappa shape index (κ3) is 4.66. The quantitative estimate of drug-likeness (QED) is 0.914. The Morgan fingerprint density at radius 1 is 1.29 bits per heavy atom. The molecule has 2 rings (SSSR count). The molecule has 132 valence electrons. The molecule has 1 aromatic rings. The van der Waals surface area contributed by atoms with Gasteiger partial charge in [-0.25, -0.2) is 13.6 Å². The van der Waals surface area contributed by atoms with Crippen LogP contribution in [0.25, 0.3) is 0 Å². The summed E-state index contributed by atoms with van der Waals surface area (Å²) >= 11 is 0. The van der Waals surface area contributed by atoms with Crippen molar-refractivity contribution in [3.05, 3.63) is 35.4 Å². The summed E-state index contributed by atoms with van der Waals surface area (Å²) in [5, 5.41) is 2.73. The summed E-state index contributed by atoms with van der Waals surface area (Å²) in [5.41, 5.74) is 0.247. The normalized spacial score (nSPS) is 15.2. The number of halogens is 2. The summed E-state index contributed by atoms with van der Waals surface area (Å²) in [5.74, 6) is -0.942. The molecule has 1 N–H and O–H groups in total. The molecule has 0 saturated carbocycles. The minimum Gasteiger partial charge on any atom is -0.343 e. The van der Waals surface area contributed by atoms with Crippen LogP contribution in [0.1, 0.15) is 25.3 Å². The average molecular weight is 339 g/mol. The summed E-state index contributed by atoms with van der Waals surface area (Å²) in [6, 6.07) is 3.25. The largest absolute Gasteiger partial charge is 0.343 e. The number of hydrogen-bond donors (Lipinski definition) is 1. The SMILES string of the molecule is CC(=O)N(C)C1CCN(C(=O)NCCc2cc(F)ccc2F)CC1. The molecule has 5 nitrogen and oxygen atoms in total. The maximum atomic E-state index is 13.5. The van der Waals surface area contributed by atoms with Gasteiger partial charge in [0.2, 0.25) is 5.91 Å². The molecule has 1 aromatic carbocycles. The maximum Gasteiger partial charge on any atom is 0.317 e. The molecule has 1 aliphatic rings. The molecule has 0 unspecified atom stereocenters. The molecule has 7 heteroatoms. The fourth-order valence-corrected chi connectivity index (χ4v) is 2.86. The number of nitrogens with one attached hydrogen (secondary N) is 1. The molecule has 0 aliphatic carbocycles. The smallest absolute Gasteiger partial charge is 0.317 e. The Kier molecular flexibility index (Phi) is 6.11. The van der Waals surface area contributed by atoms with Crippen LogP contribution >= 0.6 is 0 Å². The summed E-state index contributed by atoms with van der Waals surface area (Å²) in [4.78, 5) is 26.9. The maximum absolute atomic E-state index is 13.5. The van der Waals surface area contributed by atoms with Crippen LogP contribution < -0.4 is 5.32 Å². The van der Waals surface area contributed by atoms with Crippen molar-refractivity contribution in [2.24, 2.45) is 0 Å². The Bertz CT molecular complexity index is 601. The Morgan fingerprint density at radius 3 is 2.58 bits per heavy atom. The molecule has 0 spiro atoms. The van der Waals surface area contributed by atoms with Gasteiger partial charge >= 0.3 is 6.03 Å². The standard InChI is InChI=1S/C17H23F2N3O2/c1-12(23)21(2)15-6-9-22(10-7-15)17(24)20-8-5-13-11-14(18)3-4-16(13)19/h3-4,11,15H,5-10H2,1-2H3,(H,20,24). The summed E-state index contributed by atoms with van der Waals surface area (Å²) < 4.78 is 26.6. The van der Waals surface area contributed by atoms with Crippen molar-refractivity contribution in [1.82, 2.24) is 15.1 Å². The number of hydrogen-bond acceptors (Lipinski definition) is 2. The van der Waals surface area contributed by atoms with E-state index in [1.807, 2.05) is 0 Å². The van der Waals surface area contributed by atoms with Crippen molar-refractivity contribution in [3.8, 4) is 0 Å². The summed E-state index contributed by atoms with van der Waals surface area (Å²) in [6.07, 6.45) is 1.71. The van der Waals surface area contributed by atoms with E-state index in [2.05, 4.69) is 5.32 Å². The molecule has 1 saturated heterocycles. The van der Waals surface area contributed by atoms with Crippen LogP contribution in [0.15, 0.2) is 18.2 Å². The second kappa shape index (κ2) is 8.08. The number of rotatable bonds is 4. The van der Waals surface area contributed by atoms with E-state index in [1.165, 1.54) is 6.92 Å². The number of benzene rings is 1. The van der Waals surface area contributed by atoms with Gasteiger partial charge in [0.25, 0.3) is 0 Å². The second-order valence-electron chi connectivity index (χ2n) is 6.07. The lowest BCUT2D eigenvalue weighted by atomic mass is 10.0. The lowest BCUT2D eigenvalue weighted by molar-refractivity contribution is -0.130. The Morgan fingerprint density at radius 2 is 1.96 bits per heavy atom. The molecule has 0 atom stereocenters. The van der Waals surface area contributed by atoms with E-state index >= 15 is 0 Å². The van der Waals surface area contributed by atoms with E-state index in [9.17, 15) is 18.4 Å². The predicted octanol–water partition coefficient (Wildman–Crippen LogP) is 2.16. The van der Waals surface area contributed by atoms with Crippen LogP contribution in [0, 0.1) is 11.6 Å². The van der Waals surface area contributed by atoms with Crippen LogP contribution in [0.2, 0.25) is 0 Å². The van der Waals surface area contributed by atoms with E-state index in [0.29, 0.717) is 13.1 Å². The van der Waals surface area contributed by atoms with Crippen LogP contribution in [-0.2, 0) is 11.2 Å². The zero-order chi connectivity index (χ0) is 17.7. The van der Waals surface area contributed by atoms with Gasteiger partial charge in [0, 0.05) is 39.6 Å². The zero-order valence-corrected chi connectivity index (χ0v) is 14.0. The number of piperidine rings is 1. The summed E-state index contributed by atoms with van der Waals surface area (Å²) in [7, 11) is 1.77. The first-order chi connectivity index (χ1) is 11.4. The van der Waals surface area contributed by atoms with E-state index in [4.69, 9.17) is 0 Å². The fourth-order valence-electron chi connectivity index (χ4n) is 2.86. The third-order valence-corrected chi connectivity index (χ3v) is 4.47. The van der Waals surface area contributed by atoms with Gasteiger partial charge < -0.3 is 15.1 Å². The molecule has 0 aromatic heterocycles. The predicted molar refractivity (Wildman–Crippen MR) is 86.5 cm³/mol. The van der Waals surface area contributed by atoms with E-state index < -0.39 is 11.6 Å². The van der Waals surface area contributed by atoms with Crippen LogP contribution in [-0.4, -0.2) is 54.5 Å². The summed E-state index contributed by atoms with van der Waals surface area (Å²) in [6.45, 7) is 2.92. The first kappa shape index (κ1) is 18.2. The van der Waals surface area contributed by atoms with Crippen molar-refractivity contribution >= 4 is 11.9 Å². The first-order valence-electron chi connectivity index (χ1n) is 8.08. The number of nitrogens with zero attached hydrogens (tertiary/aromatic N) is 2. The van der Waals surface area contributed by atoms with Gasteiger partial charge in [-0.3, -0.25) is 4.79 Å². The number of carbonyl (C=O) groups is 2. The Labute approximate surface area is 140 Å². The van der Waals surface area contributed by atoms with Crippen molar-refractivity contribution in [1.29, 1.82) is 0 Å². The van der Waals surface area contributed by atoms with Crippen LogP contribution in [0.5, 0.6) is 0 Å². The lowest BCUT2D eigenvalue weighted by Gasteiger charge is -2.36. The van der Waals surface area contributed by atoms with Crippen molar-refractivity contribution < 1.29 is 18.4 Å². The highest BCUT2D eigenvalue weighted by Gasteiger charge is 2.26. The zero-order valence-electron chi connectivity index (χ0n) is 14.0. The van der Waals surface area contributed by atoms with Crippen LogP contribution in [0.4, 0.5) is 13.6 Å². The molecule has 24 heavy (non-hydrogen) atoms. The Hall–Kier alpha value is -2.18. The third-order valence-electron chi connectivity index (χ3n) is 4.47. The second-order valence-corrected chi connectivity index (χ2v) is 6.07. The highest BCUT2D eigenvalue weighted by Crippen LogP contribution is 2.15. The van der Waals surface area contributed by atoms with Crippen molar-refractivity contribution in [2.75, 3.05) is 26.7 Å². The van der Waals surface area contributed by atoms with E-state index in [-0.39, 0.29) is 36.5 Å². The number of carbonyl (C=O) groups excluding carboxylic acids is 2. The molecule has 3 amide bonds. The lowest BCUT2D eigenvalue weighted by Crippen LogP contribution is -2.49. The van der Waals surface area contributed by atoms with Gasteiger partial charge in [-0.15, -0.1) is 0 Å². The van der Waals surface area contributed by atoms with Gasteiger partial charge in [-0.05, 0) is 43.0 Å². The van der Waals surface area contributed by atoms with Gasteiger partial charge in [0.05, 0.1) is 0 Å². The van der Waals surface area contributed by atoms with E-state index in [1.54, 1.807) is 16.8 Å². The number of amides is 3. The minimum absolute atomic E-state index is 0.0232. The van der Waals surface area contributed by atoms with Gasteiger partial charge in [-0.2, -0.15) is 0 Å². The number of likely N-dealkylation sites (tertiary alicyclic amines) is 1. The molecule has 0 radical (unpaired) electrons. The van der Waals surface area contributed by atoms with Crippen molar-refractivity contribution in [3.63, 3.8) is 0 Å². The highest BCUT2D eigenvalue weighted by atomic mass is 19.1. The molecule has 0 bridgehead atoms. The molecular formula is C17H23F2N3O2. The van der Waals surface area contributed by atoms with Crippen LogP contribution in [0.3, 0.4) is 0 Å². The molecular weight excluding hydrogens is 316 g/mol. The monoisotopic (exact) mass is 339 g/mol. The topological polar surface area (TPSA) is 52.7 Å². The minimum atomic E-state index is -0.491. The van der Waals surface area contributed by atoms with Crippen molar-refractivity contribution in [2.45, 2.75) is 32.2 Å². The van der Waals surface area contributed by atoms with Gasteiger partial charge in [0.15, 0.2) is 0 Å². The van der Waals surface area contributed by atoms with E-state index in [0.717, 1.165) is 31.0 Å². The highest BCUT2D eigenvalue weighted by molar-refractivity contribution is 5.75. The average Bonchev–Trinajstić information content (AvgIpc) is 2.57. The molecule has 1 fully saturated rings. The number of urea groups is 1. The van der Waals surface area contributed by atoms with Gasteiger partial charge in [-0.1, -0.05) is 0 Å². The molecule has 1 heterocycles. The first-order valence-corrected chi connectivity index (χ1v) is 8.08. The van der Waals surface area contributed by atoms with Gasteiger partial charge in [0.1, 0.15) is 11.6 Å². The molecule has 1 aliphatic heterocycles.